The van der Waals surface area contributed by atoms with E-state index in [0.29, 0.717) is 12.0 Å². The van der Waals surface area contributed by atoms with Crippen molar-refractivity contribution in [1.29, 1.82) is 0 Å². The molecule has 1 saturated carbocycles. The highest BCUT2D eigenvalue weighted by Crippen LogP contribution is 2.37. The largest absolute Gasteiger partial charge is 0.496 e. The zero-order valence-electron chi connectivity index (χ0n) is 10.2. The Morgan fingerprint density at radius 3 is 2.69 bits per heavy atom. The van der Waals surface area contributed by atoms with Crippen molar-refractivity contribution in [2.75, 3.05) is 14.2 Å². The van der Waals surface area contributed by atoms with Crippen LogP contribution in [0.25, 0.3) is 0 Å². The summed E-state index contributed by atoms with van der Waals surface area (Å²) in [6.45, 7) is 0. The van der Waals surface area contributed by atoms with Crippen LogP contribution in [0.2, 0.25) is 0 Å². The standard InChI is InChI=1S/C14H21NO/c1-15-13-9-5-3-7-11(13)12-8-4-6-10-14(12)16-2/h4,6,8,10-11,13,15H,3,5,7,9H2,1-2H3. The van der Waals surface area contributed by atoms with Crippen LogP contribution in [-0.4, -0.2) is 20.2 Å². The molecular weight excluding hydrogens is 198 g/mol. The molecule has 0 bridgehead atoms. The number of rotatable bonds is 3. The fourth-order valence-corrected chi connectivity index (χ4v) is 2.82. The lowest BCUT2D eigenvalue weighted by atomic mass is 9.79. The maximum absolute atomic E-state index is 5.46. The van der Waals surface area contributed by atoms with E-state index in [1.165, 1.54) is 31.2 Å². The van der Waals surface area contributed by atoms with Gasteiger partial charge in [-0.25, -0.2) is 0 Å². The highest BCUT2D eigenvalue weighted by atomic mass is 16.5. The Bertz CT molecular complexity index is 337. The van der Waals surface area contributed by atoms with Crippen molar-refractivity contribution in [3.05, 3.63) is 29.8 Å². The maximum Gasteiger partial charge on any atom is 0.122 e. The number of benzene rings is 1. The molecule has 0 saturated heterocycles. The van der Waals surface area contributed by atoms with Crippen LogP contribution in [0.4, 0.5) is 0 Å². The molecule has 1 aliphatic carbocycles. The van der Waals surface area contributed by atoms with Gasteiger partial charge >= 0.3 is 0 Å². The number of methoxy groups -OCH3 is 1. The zero-order valence-corrected chi connectivity index (χ0v) is 10.2. The summed E-state index contributed by atoms with van der Waals surface area (Å²) >= 11 is 0. The van der Waals surface area contributed by atoms with Gasteiger partial charge < -0.3 is 10.1 Å². The highest BCUT2D eigenvalue weighted by Gasteiger charge is 2.26. The second-order valence-corrected chi connectivity index (χ2v) is 4.53. The van der Waals surface area contributed by atoms with Crippen molar-refractivity contribution in [1.82, 2.24) is 5.32 Å². The summed E-state index contributed by atoms with van der Waals surface area (Å²) in [5, 5.41) is 3.45. The molecule has 0 aliphatic heterocycles. The molecule has 1 aliphatic rings. The van der Waals surface area contributed by atoms with Gasteiger partial charge in [0.05, 0.1) is 7.11 Å². The van der Waals surface area contributed by atoms with Gasteiger partial charge in [0.1, 0.15) is 5.75 Å². The third-order valence-electron chi connectivity index (χ3n) is 3.68. The van der Waals surface area contributed by atoms with Crippen LogP contribution in [0, 0.1) is 0 Å². The molecule has 0 heterocycles. The van der Waals surface area contributed by atoms with Crippen LogP contribution < -0.4 is 10.1 Å². The second kappa shape index (κ2) is 5.35. The van der Waals surface area contributed by atoms with Gasteiger partial charge in [0.25, 0.3) is 0 Å². The molecule has 88 valence electrons. The Labute approximate surface area is 98.0 Å². The van der Waals surface area contributed by atoms with Gasteiger partial charge in [-0.1, -0.05) is 31.0 Å². The highest BCUT2D eigenvalue weighted by molar-refractivity contribution is 5.37. The molecule has 16 heavy (non-hydrogen) atoms. The number of hydrogen-bond donors (Lipinski definition) is 1. The molecule has 2 unspecified atom stereocenters. The molecule has 1 fully saturated rings. The van der Waals surface area contributed by atoms with E-state index in [-0.39, 0.29) is 0 Å². The van der Waals surface area contributed by atoms with Crippen LogP contribution in [0.5, 0.6) is 5.75 Å². The third-order valence-corrected chi connectivity index (χ3v) is 3.68. The van der Waals surface area contributed by atoms with E-state index in [4.69, 9.17) is 4.74 Å². The fourth-order valence-electron chi connectivity index (χ4n) is 2.82. The lowest BCUT2D eigenvalue weighted by Crippen LogP contribution is -2.34. The molecule has 1 aromatic rings. The van der Waals surface area contributed by atoms with E-state index in [0.717, 1.165) is 5.75 Å². The van der Waals surface area contributed by atoms with Crippen LogP contribution >= 0.6 is 0 Å². The summed E-state index contributed by atoms with van der Waals surface area (Å²) < 4.78 is 5.46. The van der Waals surface area contributed by atoms with Crippen molar-refractivity contribution in [2.24, 2.45) is 0 Å². The van der Waals surface area contributed by atoms with E-state index in [1.807, 2.05) is 6.07 Å². The molecule has 0 spiro atoms. The Hall–Kier alpha value is -1.02. The van der Waals surface area contributed by atoms with Gasteiger partial charge in [-0.2, -0.15) is 0 Å². The van der Waals surface area contributed by atoms with Crippen molar-refractivity contribution in [3.63, 3.8) is 0 Å². The molecule has 1 aromatic carbocycles. The minimum Gasteiger partial charge on any atom is -0.496 e. The predicted octanol–water partition coefficient (Wildman–Crippen LogP) is 2.94. The molecule has 1 N–H and O–H groups in total. The van der Waals surface area contributed by atoms with Crippen molar-refractivity contribution in [2.45, 2.75) is 37.6 Å². The predicted molar refractivity (Wildman–Crippen MR) is 67.1 cm³/mol. The molecule has 0 amide bonds. The topological polar surface area (TPSA) is 21.3 Å². The second-order valence-electron chi connectivity index (χ2n) is 4.53. The summed E-state index contributed by atoms with van der Waals surface area (Å²) in [6.07, 6.45) is 5.23. The van der Waals surface area contributed by atoms with Gasteiger partial charge in [0.2, 0.25) is 0 Å². The maximum atomic E-state index is 5.46. The molecule has 0 aromatic heterocycles. The average molecular weight is 219 g/mol. The molecule has 0 radical (unpaired) electrons. The van der Waals surface area contributed by atoms with Crippen molar-refractivity contribution >= 4 is 0 Å². The van der Waals surface area contributed by atoms with Crippen LogP contribution in [0.3, 0.4) is 0 Å². The summed E-state index contributed by atoms with van der Waals surface area (Å²) in [4.78, 5) is 0. The van der Waals surface area contributed by atoms with E-state index < -0.39 is 0 Å². The first-order chi connectivity index (χ1) is 7.86. The number of nitrogens with one attached hydrogen (secondary N) is 1. The first-order valence-electron chi connectivity index (χ1n) is 6.17. The van der Waals surface area contributed by atoms with E-state index in [2.05, 4.69) is 30.6 Å². The number of likely N-dealkylation sites (N-methyl/N-ethyl adjacent to an activating group) is 1. The Morgan fingerprint density at radius 1 is 1.19 bits per heavy atom. The van der Waals surface area contributed by atoms with E-state index >= 15 is 0 Å². The molecule has 2 heteroatoms. The van der Waals surface area contributed by atoms with Gasteiger partial charge in [-0.15, -0.1) is 0 Å². The Morgan fingerprint density at radius 2 is 1.94 bits per heavy atom. The first kappa shape index (κ1) is 11.5. The monoisotopic (exact) mass is 219 g/mol. The average Bonchev–Trinajstić information content (AvgIpc) is 2.38. The summed E-state index contributed by atoms with van der Waals surface area (Å²) in [6, 6.07) is 9.03. The summed E-state index contributed by atoms with van der Waals surface area (Å²) in [7, 11) is 3.83. The van der Waals surface area contributed by atoms with E-state index in [9.17, 15) is 0 Å². The third kappa shape index (κ3) is 2.22. The van der Waals surface area contributed by atoms with E-state index in [1.54, 1.807) is 7.11 Å². The van der Waals surface area contributed by atoms with Crippen LogP contribution in [0.1, 0.15) is 37.2 Å². The van der Waals surface area contributed by atoms with Gasteiger partial charge in [-0.3, -0.25) is 0 Å². The number of para-hydroxylation sites is 1. The lowest BCUT2D eigenvalue weighted by molar-refractivity contribution is 0.330. The molecule has 2 rings (SSSR count). The molecule has 2 atom stereocenters. The Balaban J connectivity index is 2.26. The first-order valence-corrected chi connectivity index (χ1v) is 6.17. The van der Waals surface area contributed by atoms with Gasteiger partial charge in [0.15, 0.2) is 0 Å². The van der Waals surface area contributed by atoms with Crippen molar-refractivity contribution < 1.29 is 4.74 Å². The number of hydrogen-bond acceptors (Lipinski definition) is 2. The minimum absolute atomic E-state index is 0.602. The minimum atomic E-state index is 0.602. The van der Waals surface area contributed by atoms with Crippen molar-refractivity contribution in [3.8, 4) is 5.75 Å². The zero-order chi connectivity index (χ0) is 11.4. The van der Waals surface area contributed by atoms with Gasteiger partial charge in [0, 0.05) is 12.0 Å². The lowest BCUT2D eigenvalue weighted by Gasteiger charge is -2.32. The molecular formula is C14H21NO. The van der Waals surface area contributed by atoms with Gasteiger partial charge in [-0.05, 0) is 31.5 Å². The summed E-state index contributed by atoms with van der Waals surface area (Å²) in [5.41, 5.74) is 1.36. The van der Waals surface area contributed by atoms with Crippen LogP contribution in [0.15, 0.2) is 24.3 Å². The Kier molecular flexibility index (Phi) is 3.83. The quantitative estimate of drug-likeness (QED) is 0.844. The van der Waals surface area contributed by atoms with Crippen LogP contribution in [-0.2, 0) is 0 Å². The molecule has 2 nitrogen and oxygen atoms in total. The SMILES string of the molecule is CNC1CCCCC1c1ccccc1OC. The normalized spacial score (nSPS) is 25.4. The summed E-state index contributed by atoms with van der Waals surface area (Å²) in [5.74, 6) is 1.64. The fraction of sp³-hybridized carbons (Fsp3) is 0.571. The number of ether oxygens (including phenoxy) is 1. The smallest absolute Gasteiger partial charge is 0.122 e.